The number of likely N-dealkylation sites (N-methyl/N-ethyl adjacent to an activating group) is 1. The Bertz CT molecular complexity index is 1350. The topological polar surface area (TPSA) is 82.2 Å². The van der Waals surface area contributed by atoms with Crippen molar-refractivity contribution in [1.82, 2.24) is 24.5 Å². The third-order valence-corrected chi connectivity index (χ3v) is 5.72. The quantitative estimate of drug-likeness (QED) is 0.393. The minimum atomic E-state index is -0.594. The van der Waals surface area contributed by atoms with Crippen LogP contribution in [0.4, 0.5) is 4.79 Å². The van der Waals surface area contributed by atoms with E-state index >= 15 is 0 Å². The fourth-order valence-corrected chi connectivity index (χ4v) is 4.08. The van der Waals surface area contributed by atoms with Crippen LogP contribution in [0, 0.1) is 6.92 Å². The van der Waals surface area contributed by atoms with Crippen molar-refractivity contribution in [3.05, 3.63) is 77.7 Å². The number of amides is 1. The number of nitrogens with zero attached hydrogens (tertiary/aromatic N) is 5. The number of fused-ring (bicyclic) bond motifs is 1. The number of aromatic nitrogens is 4. The van der Waals surface area contributed by atoms with Crippen LogP contribution in [-0.2, 0) is 11.2 Å². The Morgan fingerprint density at radius 3 is 2.46 bits per heavy atom. The molecule has 0 spiro atoms. The predicted octanol–water partition coefficient (Wildman–Crippen LogP) is 5.02. The fraction of sp³-hybridized carbons (Fsp3) is 0.333. The van der Waals surface area contributed by atoms with Gasteiger partial charge in [0.25, 0.3) is 5.91 Å². The molecule has 0 fully saturated rings. The zero-order valence-electron chi connectivity index (χ0n) is 20.9. The van der Waals surface area contributed by atoms with Gasteiger partial charge in [0.05, 0.1) is 29.2 Å². The molecule has 0 N–H and O–H groups in total. The van der Waals surface area contributed by atoms with Gasteiger partial charge in [-0.15, -0.1) is 0 Å². The summed E-state index contributed by atoms with van der Waals surface area (Å²) in [6, 6.07) is 13.4. The molecule has 0 atom stereocenters. The van der Waals surface area contributed by atoms with E-state index in [0.29, 0.717) is 30.8 Å². The van der Waals surface area contributed by atoms with E-state index in [0.717, 1.165) is 22.0 Å². The standard InChI is InChI=1S/C27H31N5O3/c1-6-30(25(33)22-17-19(2)11-12-24(22)32-28-14-15-29-32)16-13-20-18-31(26(34)35-27(3,4)5)23-10-8-7-9-21(20)23/h7-12,14-15,17-18H,6,13,16H2,1-5H3. The van der Waals surface area contributed by atoms with E-state index in [1.165, 1.54) is 4.80 Å². The molecule has 0 radical (unpaired) electrons. The van der Waals surface area contributed by atoms with Gasteiger partial charge in [0, 0.05) is 24.7 Å². The summed E-state index contributed by atoms with van der Waals surface area (Å²) in [5, 5.41) is 9.38. The number of aryl methyl sites for hydroxylation is 1. The summed E-state index contributed by atoms with van der Waals surface area (Å²) in [7, 11) is 0. The molecular formula is C27H31N5O3. The number of benzene rings is 2. The van der Waals surface area contributed by atoms with Gasteiger partial charge in [-0.3, -0.25) is 9.36 Å². The highest BCUT2D eigenvalue weighted by Gasteiger charge is 2.23. The highest BCUT2D eigenvalue weighted by Crippen LogP contribution is 2.24. The van der Waals surface area contributed by atoms with Gasteiger partial charge in [0.2, 0.25) is 0 Å². The second-order valence-corrected chi connectivity index (χ2v) is 9.50. The number of ether oxygens (including phenoxy) is 1. The average molecular weight is 474 g/mol. The van der Waals surface area contributed by atoms with Crippen molar-refractivity contribution in [3.63, 3.8) is 0 Å². The molecule has 2 aromatic carbocycles. The largest absolute Gasteiger partial charge is 0.443 e. The number of para-hydroxylation sites is 1. The van der Waals surface area contributed by atoms with Crippen LogP contribution in [0.5, 0.6) is 0 Å². The summed E-state index contributed by atoms with van der Waals surface area (Å²) < 4.78 is 7.14. The predicted molar refractivity (Wildman–Crippen MR) is 135 cm³/mol. The molecule has 0 unspecified atom stereocenters. The molecule has 0 aliphatic carbocycles. The molecule has 8 nitrogen and oxygen atoms in total. The molecule has 8 heteroatoms. The molecule has 0 saturated heterocycles. The third-order valence-electron chi connectivity index (χ3n) is 5.72. The van der Waals surface area contributed by atoms with Crippen LogP contribution in [0.1, 0.15) is 49.2 Å². The van der Waals surface area contributed by atoms with Crippen molar-refractivity contribution in [2.45, 2.75) is 46.6 Å². The van der Waals surface area contributed by atoms with Crippen molar-refractivity contribution < 1.29 is 14.3 Å². The Morgan fingerprint density at radius 2 is 1.77 bits per heavy atom. The third kappa shape index (κ3) is 5.26. The van der Waals surface area contributed by atoms with Crippen LogP contribution in [0.25, 0.3) is 16.6 Å². The molecule has 35 heavy (non-hydrogen) atoms. The SMILES string of the molecule is CCN(CCc1cn(C(=O)OC(C)(C)C)c2ccccc12)C(=O)c1cc(C)ccc1-n1nccn1. The van der Waals surface area contributed by atoms with Gasteiger partial charge in [0.1, 0.15) is 5.60 Å². The van der Waals surface area contributed by atoms with Crippen molar-refractivity contribution in [1.29, 1.82) is 0 Å². The normalized spacial score (nSPS) is 11.6. The van der Waals surface area contributed by atoms with Crippen LogP contribution in [0.2, 0.25) is 0 Å². The van der Waals surface area contributed by atoms with Gasteiger partial charge in [-0.05, 0) is 64.8 Å². The van der Waals surface area contributed by atoms with Crippen molar-refractivity contribution in [3.8, 4) is 5.69 Å². The molecule has 4 rings (SSSR count). The maximum atomic E-state index is 13.6. The first-order chi connectivity index (χ1) is 16.7. The molecule has 0 saturated carbocycles. The van der Waals surface area contributed by atoms with Gasteiger partial charge in [-0.25, -0.2) is 4.79 Å². The molecular weight excluding hydrogens is 442 g/mol. The molecule has 2 aromatic heterocycles. The number of carbonyl (C=O) groups excluding carboxylic acids is 2. The summed E-state index contributed by atoms with van der Waals surface area (Å²) in [5.74, 6) is -0.0839. The Labute approximate surface area is 205 Å². The summed E-state index contributed by atoms with van der Waals surface area (Å²) in [6.07, 6.45) is 5.18. The summed E-state index contributed by atoms with van der Waals surface area (Å²) >= 11 is 0. The highest BCUT2D eigenvalue weighted by molar-refractivity contribution is 5.98. The van der Waals surface area contributed by atoms with E-state index in [2.05, 4.69) is 10.2 Å². The Balaban J connectivity index is 1.60. The monoisotopic (exact) mass is 473 g/mol. The van der Waals surface area contributed by atoms with E-state index in [-0.39, 0.29) is 5.91 Å². The minimum absolute atomic E-state index is 0.0839. The van der Waals surface area contributed by atoms with E-state index in [4.69, 9.17) is 4.74 Å². The molecule has 0 aliphatic rings. The zero-order valence-corrected chi connectivity index (χ0v) is 20.9. The summed E-state index contributed by atoms with van der Waals surface area (Å²) in [5.41, 5.74) is 3.36. The Kier molecular flexibility index (Phi) is 6.73. The lowest BCUT2D eigenvalue weighted by Crippen LogP contribution is -2.33. The molecule has 0 aliphatic heterocycles. The van der Waals surface area contributed by atoms with E-state index < -0.39 is 11.7 Å². The lowest BCUT2D eigenvalue weighted by atomic mass is 10.1. The van der Waals surface area contributed by atoms with Crippen LogP contribution >= 0.6 is 0 Å². The van der Waals surface area contributed by atoms with E-state index in [1.807, 2.05) is 83.3 Å². The molecule has 0 bridgehead atoms. The van der Waals surface area contributed by atoms with Crippen LogP contribution < -0.4 is 0 Å². The number of hydrogen-bond acceptors (Lipinski definition) is 5. The maximum Gasteiger partial charge on any atom is 0.419 e. The molecule has 182 valence electrons. The molecule has 2 heterocycles. The average Bonchev–Trinajstić information content (AvgIpc) is 3.47. The summed E-state index contributed by atoms with van der Waals surface area (Å²) in [6.45, 7) is 10.5. The van der Waals surface area contributed by atoms with Crippen LogP contribution in [0.3, 0.4) is 0 Å². The van der Waals surface area contributed by atoms with Crippen LogP contribution in [-0.4, -0.2) is 55.2 Å². The number of rotatable bonds is 6. The maximum absolute atomic E-state index is 13.6. The second-order valence-electron chi connectivity index (χ2n) is 9.50. The van der Waals surface area contributed by atoms with Gasteiger partial charge in [-0.2, -0.15) is 15.0 Å². The highest BCUT2D eigenvalue weighted by atomic mass is 16.6. The Morgan fingerprint density at radius 1 is 1.06 bits per heavy atom. The lowest BCUT2D eigenvalue weighted by molar-refractivity contribution is 0.0543. The number of carbonyl (C=O) groups is 2. The minimum Gasteiger partial charge on any atom is -0.443 e. The smallest absolute Gasteiger partial charge is 0.419 e. The van der Waals surface area contributed by atoms with Gasteiger partial charge in [-0.1, -0.05) is 29.8 Å². The van der Waals surface area contributed by atoms with Crippen LogP contribution in [0.15, 0.2) is 61.1 Å². The lowest BCUT2D eigenvalue weighted by Gasteiger charge is -2.22. The van der Waals surface area contributed by atoms with Crippen molar-refractivity contribution >= 4 is 22.9 Å². The molecule has 1 amide bonds. The van der Waals surface area contributed by atoms with E-state index in [1.54, 1.807) is 21.9 Å². The summed E-state index contributed by atoms with van der Waals surface area (Å²) in [4.78, 5) is 29.7. The first kappa shape index (κ1) is 24.2. The van der Waals surface area contributed by atoms with Gasteiger partial charge < -0.3 is 9.64 Å². The Hall–Kier alpha value is -3.94. The first-order valence-electron chi connectivity index (χ1n) is 11.8. The zero-order chi connectivity index (χ0) is 25.2. The number of hydrogen-bond donors (Lipinski definition) is 0. The van der Waals surface area contributed by atoms with Crippen molar-refractivity contribution in [2.24, 2.45) is 0 Å². The molecule has 4 aromatic rings. The van der Waals surface area contributed by atoms with Gasteiger partial charge in [0.15, 0.2) is 0 Å². The van der Waals surface area contributed by atoms with Gasteiger partial charge >= 0.3 is 6.09 Å². The first-order valence-corrected chi connectivity index (χ1v) is 11.8. The second kappa shape index (κ2) is 9.74. The fourth-order valence-electron chi connectivity index (χ4n) is 4.08. The van der Waals surface area contributed by atoms with E-state index in [9.17, 15) is 9.59 Å². The van der Waals surface area contributed by atoms with Crippen molar-refractivity contribution in [2.75, 3.05) is 13.1 Å².